The number of rotatable bonds is 3. The first-order chi connectivity index (χ1) is 13.7. The standard InChI is InChI=1S/C22H27ClN4OS/c1-15-13-27-18(19(22(2,3)4)24-21(27)29-15)14-25-9-11-26(12-10-25)20(28)16-7-5-6-8-17(16)23/h5-8,13H,9-12,14H2,1-4H3. The van der Waals surface area contributed by atoms with Crippen LogP contribution >= 0.6 is 22.9 Å². The molecule has 0 spiro atoms. The van der Waals surface area contributed by atoms with Gasteiger partial charge in [-0.05, 0) is 19.1 Å². The van der Waals surface area contributed by atoms with Crippen LogP contribution in [0.4, 0.5) is 0 Å². The fourth-order valence-corrected chi connectivity index (χ4v) is 4.94. The largest absolute Gasteiger partial charge is 0.336 e. The predicted octanol–water partition coefficient (Wildman–Crippen LogP) is 4.61. The highest BCUT2D eigenvalue weighted by atomic mass is 35.5. The molecule has 4 rings (SSSR count). The molecule has 1 saturated heterocycles. The summed E-state index contributed by atoms with van der Waals surface area (Å²) in [6.45, 7) is 12.7. The number of piperazine rings is 1. The highest BCUT2D eigenvalue weighted by Gasteiger charge is 2.28. The molecule has 1 fully saturated rings. The molecule has 1 aromatic carbocycles. The van der Waals surface area contributed by atoms with E-state index in [2.05, 4.69) is 43.2 Å². The molecule has 0 radical (unpaired) electrons. The molecule has 3 heterocycles. The number of fused-ring (bicyclic) bond motifs is 1. The Labute approximate surface area is 180 Å². The third-order valence-corrected chi connectivity index (χ3v) is 6.62. The Bertz CT molecular complexity index is 1040. The highest BCUT2D eigenvalue weighted by molar-refractivity contribution is 7.17. The third kappa shape index (κ3) is 4.06. The number of benzene rings is 1. The number of nitrogens with zero attached hydrogens (tertiary/aromatic N) is 4. The number of aryl methyl sites for hydroxylation is 1. The molecule has 2 aromatic heterocycles. The predicted molar refractivity (Wildman–Crippen MR) is 119 cm³/mol. The second kappa shape index (κ2) is 7.74. The summed E-state index contributed by atoms with van der Waals surface area (Å²) in [4.78, 5) is 24.4. The van der Waals surface area contributed by atoms with Gasteiger partial charge in [-0.15, -0.1) is 11.3 Å². The quantitative estimate of drug-likeness (QED) is 0.609. The van der Waals surface area contributed by atoms with Gasteiger partial charge in [-0.25, -0.2) is 4.98 Å². The van der Waals surface area contributed by atoms with E-state index in [0.29, 0.717) is 23.7 Å². The highest BCUT2D eigenvalue weighted by Crippen LogP contribution is 2.30. The number of amides is 1. The first-order valence-electron chi connectivity index (χ1n) is 9.98. The lowest BCUT2D eigenvalue weighted by Crippen LogP contribution is -2.48. The lowest BCUT2D eigenvalue weighted by molar-refractivity contribution is 0.0626. The van der Waals surface area contributed by atoms with E-state index in [-0.39, 0.29) is 11.3 Å². The van der Waals surface area contributed by atoms with E-state index < -0.39 is 0 Å². The Hall–Kier alpha value is -1.89. The summed E-state index contributed by atoms with van der Waals surface area (Å²) in [5, 5.41) is 0.518. The van der Waals surface area contributed by atoms with Gasteiger partial charge in [-0.2, -0.15) is 0 Å². The SMILES string of the molecule is Cc1cn2c(CN3CCN(C(=O)c4ccccc4Cl)CC3)c(C(C)(C)C)nc2s1. The van der Waals surface area contributed by atoms with Crippen LogP contribution in [0.2, 0.25) is 5.02 Å². The molecule has 5 nitrogen and oxygen atoms in total. The van der Waals surface area contributed by atoms with Gasteiger partial charge < -0.3 is 4.90 Å². The van der Waals surface area contributed by atoms with E-state index in [9.17, 15) is 4.79 Å². The molecule has 29 heavy (non-hydrogen) atoms. The van der Waals surface area contributed by atoms with Crippen LogP contribution in [0.3, 0.4) is 0 Å². The second-order valence-electron chi connectivity index (χ2n) is 8.70. The van der Waals surface area contributed by atoms with Crippen molar-refractivity contribution in [3.05, 3.63) is 57.3 Å². The molecular formula is C22H27ClN4OS. The van der Waals surface area contributed by atoms with Crippen molar-refractivity contribution in [2.45, 2.75) is 39.7 Å². The topological polar surface area (TPSA) is 40.9 Å². The third-order valence-electron chi connectivity index (χ3n) is 5.39. The number of halogens is 1. The molecule has 154 valence electrons. The molecule has 1 amide bonds. The normalized spacial score (nSPS) is 16.0. The Balaban J connectivity index is 1.49. The lowest BCUT2D eigenvalue weighted by atomic mass is 9.90. The van der Waals surface area contributed by atoms with E-state index in [1.807, 2.05) is 17.0 Å². The zero-order valence-electron chi connectivity index (χ0n) is 17.4. The van der Waals surface area contributed by atoms with Crippen molar-refractivity contribution < 1.29 is 4.79 Å². The van der Waals surface area contributed by atoms with E-state index in [4.69, 9.17) is 16.6 Å². The molecule has 1 aliphatic heterocycles. The minimum atomic E-state index is -0.00315. The summed E-state index contributed by atoms with van der Waals surface area (Å²) in [5.74, 6) is 0.0193. The van der Waals surface area contributed by atoms with Crippen molar-refractivity contribution in [2.75, 3.05) is 26.2 Å². The lowest BCUT2D eigenvalue weighted by Gasteiger charge is -2.35. The van der Waals surface area contributed by atoms with Gasteiger partial charge in [0, 0.05) is 49.2 Å². The van der Waals surface area contributed by atoms with Crippen LogP contribution in [0.25, 0.3) is 4.96 Å². The summed E-state index contributed by atoms with van der Waals surface area (Å²) >= 11 is 7.95. The van der Waals surface area contributed by atoms with Crippen LogP contribution in [0, 0.1) is 6.92 Å². The monoisotopic (exact) mass is 430 g/mol. The summed E-state index contributed by atoms with van der Waals surface area (Å²) in [5.41, 5.74) is 3.02. The smallest absolute Gasteiger partial charge is 0.255 e. The minimum Gasteiger partial charge on any atom is -0.336 e. The maximum atomic E-state index is 12.8. The van der Waals surface area contributed by atoms with Crippen LogP contribution in [0.1, 0.15) is 47.4 Å². The first-order valence-corrected chi connectivity index (χ1v) is 11.2. The first kappa shape index (κ1) is 20.4. The number of hydrogen-bond donors (Lipinski definition) is 0. The van der Waals surface area contributed by atoms with Crippen molar-refractivity contribution in [3.8, 4) is 0 Å². The molecule has 0 atom stereocenters. The van der Waals surface area contributed by atoms with Gasteiger partial charge in [0.2, 0.25) is 0 Å². The molecule has 7 heteroatoms. The van der Waals surface area contributed by atoms with Crippen LogP contribution in [-0.4, -0.2) is 51.3 Å². The molecule has 0 unspecified atom stereocenters. The van der Waals surface area contributed by atoms with Crippen molar-refractivity contribution in [1.29, 1.82) is 0 Å². The Morgan fingerprint density at radius 3 is 2.52 bits per heavy atom. The van der Waals surface area contributed by atoms with Crippen LogP contribution in [0.15, 0.2) is 30.5 Å². The fraction of sp³-hybridized carbons (Fsp3) is 0.455. The summed E-state index contributed by atoms with van der Waals surface area (Å²) in [6.07, 6.45) is 2.19. The van der Waals surface area contributed by atoms with Gasteiger partial charge in [0.15, 0.2) is 4.96 Å². The van der Waals surface area contributed by atoms with Crippen LogP contribution in [0.5, 0.6) is 0 Å². The van der Waals surface area contributed by atoms with Crippen molar-refractivity contribution >= 4 is 33.8 Å². The van der Waals surface area contributed by atoms with Gasteiger partial charge in [-0.3, -0.25) is 14.1 Å². The maximum absolute atomic E-state index is 12.8. The van der Waals surface area contributed by atoms with E-state index >= 15 is 0 Å². The van der Waals surface area contributed by atoms with E-state index in [1.54, 1.807) is 23.5 Å². The van der Waals surface area contributed by atoms with Gasteiger partial charge in [0.25, 0.3) is 5.91 Å². The van der Waals surface area contributed by atoms with E-state index in [0.717, 1.165) is 24.6 Å². The van der Waals surface area contributed by atoms with Crippen LogP contribution < -0.4 is 0 Å². The average molecular weight is 431 g/mol. The van der Waals surface area contributed by atoms with Crippen molar-refractivity contribution in [1.82, 2.24) is 19.2 Å². The van der Waals surface area contributed by atoms with Crippen molar-refractivity contribution in [2.24, 2.45) is 0 Å². The Morgan fingerprint density at radius 2 is 1.86 bits per heavy atom. The van der Waals surface area contributed by atoms with Gasteiger partial charge in [-0.1, -0.05) is 44.5 Å². The fourth-order valence-electron chi connectivity index (χ4n) is 3.88. The Morgan fingerprint density at radius 1 is 1.17 bits per heavy atom. The van der Waals surface area contributed by atoms with Gasteiger partial charge >= 0.3 is 0 Å². The number of thiazole rings is 1. The number of aromatic nitrogens is 2. The van der Waals surface area contributed by atoms with Gasteiger partial charge in [0.05, 0.1) is 22.0 Å². The molecule has 0 bridgehead atoms. The average Bonchev–Trinajstić information content (AvgIpc) is 3.19. The number of imidazole rings is 1. The van der Waals surface area contributed by atoms with Crippen molar-refractivity contribution in [3.63, 3.8) is 0 Å². The summed E-state index contributed by atoms with van der Waals surface area (Å²) in [6, 6.07) is 7.28. The zero-order chi connectivity index (χ0) is 20.8. The summed E-state index contributed by atoms with van der Waals surface area (Å²) < 4.78 is 2.25. The zero-order valence-corrected chi connectivity index (χ0v) is 19.0. The van der Waals surface area contributed by atoms with Gasteiger partial charge in [0.1, 0.15) is 0 Å². The molecule has 0 saturated carbocycles. The molecule has 1 aliphatic rings. The second-order valence-corrected chi connectivity index (χ2v) is 10.3. The molecule has 3 aromatic rings. The number of hydrogen-bond acceptors (Lipinski definition) is 4. The molecule has 0 aliphatic carbocycles. The van der Waals surface area contributed by atoms with Crippen LogP contribution in [-0.2, 0) is 12.0 Å². The molecular weight excluding hydrogens is 404 g/mol. The van der Waals surface area contributed by atoms with E-state index in [1.165, 1.54) is 16.3 Å². The Kier molecular flexibility index (Phi) is 5.44. The minimum absolute atomic E-state index is 0.00315. The maximum Gasteiger partial charge on any atom is 0.255 e. The molecule has 0 N–H and O–H groups in total. The number of carbonyl (C=O) groups is 1. The number of carbonyl (C=O) groups excluding carboxylic acids is 1. The summed E-state index contributed by atoms with van der Waals surface area (Å²) in [7, 11) is 0.